The summed E-state index contributed by atoms with van der Waals surface area (Å²) in [6.07, 6.45) is 22.5. The molecule has 2 fully saturated rings. The third-order valence-corrected chi connectivity index (χ3v) is 6.85. The summed E-state index contributed by atoms with van der Waals surface area (Å²) in [5.41, 5.74) is 11.3. The normalized spacial score (nSPS) is 28.7. The van der Waals surface area contributed by atoms with Crippen molar-refractivity contribution in [1.82, 2.24) is 16.0 Å². The third kappa shape index (κ3) is 5.01. The van der Waals surface area contributed by atoms with E-state index in [0.717, 1.165) is 41.7 Å². The highest BCUT2D eigenvalue weighted by molar-refractivity contribution is 6.00. The minimum atomic E-state index is -0.669. The quantitative estimate of drug-likeness (QED) is 0.288. The highest BCUT2D eigenvalue weighted by atomic mass is 16.5. The summed E-state index contributed by atoms with van der Waals surface area (Å²) < 4.78 is 5.58. The van der Waals surface area contributed by atoms with E-state index in [2.05, 4.69) is 70.3 Å². The smallest absolute Gasteiger partial charge is 0.115 e. The van der Waals surface area contributed by atoms with Crippen molar-refractivity contribution in [1.29, 1.82) is 0 Å². The van der Waals surface area contributed by atoms with Crippen molar-refractivity contribution in [3.8, 4) is 0 Å². The first kappa shape index (κ1) is 24.7. The molecule has 0 spiro atoms. The van der Waals surface area contributed by atoms with Gasteiger partial charge in [-0.3, -0.25) is 15.3 Å². The second-order valence-corrected chi connectivity index (χ2v) is 9.04. The Morgan fingerprint density at radius 3 is 2.83 bits per heavy atom. The van der Waals surface area contributed by atoms with E-state index >= 15 is 0 Å². The standard InChI is InChI=1S/C28H36N6O/c1-5-7-8-23(12-9-20-16-30-18-31-17-20)28(26-25(27(29)34-28)32-13-14-33-26)22(6-2)15-24(19(3)35-4)21-10-11-21/h5-8,12-16,18,21,26-27,33-34H,1,3,9-11,17,29H2,2,4H3,(H,30,31)/b8-7-,22-6+,23-12+,24-15+. The zero-order chi connectivity index (χ0) is 24.8. The van der Waals surface area contributed by atoms with Crippen molar-refractivity contribution in [2.45, 2.75) is 43.9 Å². The summed E-state index contributed by atoms with van der Waals surface area (Å²) in [4.78, 5) is 9.01. The highest BCUT2D eigenvalue weighted by Crippen LogP contribution is 2.44. The lowest BCUT2D eigenvalue weighted by Gasteiger charge is -2.39. The predicted molar refractivity (Wildman–Crippen MR) is 145 cm³/mol. The highest BCUT2D eigenvalue weighted by Gasteiger charge is 2.54. The molecule has 0 aromatic rings. The molecular formula is C28H36N6O. The maximum Gasteiger partial charge on any atom is 0.115 e. The monoisotopic (exact) mass is 472 g/mol. The van der Waals surface area contributed by atoms with Crippen LogP contribution in [-0.2, 0) is 4.74 Å². The van der Waals surface area contributed by atoms with Gasteiger partial charge in [0.2, 0.25) is 0 Å². The fourth-order valence-electron chi connectivity index (χ4n) is 4.94. The van der Waals surface area contributed by atoms with Crippen molar-refractivity contribution in [3.63, 3.8) is 0 Å². The van der Waals surface area contributed by atoms with Gasteiger partial charge in [-0.1, -0.05) is 43.5 Å². The van der Waals surface area contributed by atoms with E-state index in [1.54, 1.807) is 25.7 Å². The van der Waals surface area contributed by atoms with Crippen LogP contribution in [0.3, 0.4) is 0 Å². The van der Waals surface area contributed by atoms with Gasteiger partial charge in [-0.15, -0.1) is 0 Å². The summed E-state index contributed by atoms with van der Waals surface area (Å²) in [6.45, 7) is 10.8. The molecule has 184 valence electrons. The molecule has 4 rings (SSSR count). The Kier molecular flexibility index (Phi) is 7.68. The van der Waals surface area contributed by atoms with Crippen LogP contribution in [-0.4, -0.2) is 43.5 Å². The minimum absolute atomic E-state index is 0.168. The molecule has 0 aromatic carbocycles. The number of fused-ring (bicyclic) bond motifs is 1. The average molecular weight is 473 g/mol. The Morgan fingerprint density at radius 1 is 1.34 bits per heavy atom. The first-order valence-corrected chi connectivity index (χ1v) is 12.1. The topological polar surface area (TPSA) is 96.1 Å². The van der Waals surface area contributed by atoms with Gasteiger partial charge >= 0.3 is 0 Å². The average Bonchev–Trinajstić information content (AvgIpc) is 3.69. The number of nitrogens with two attached hydrogens (primary N) is 1. The molecule has 1 aliphatic carbocycles. The van der Waals surface area contributed by atoms with Crippen molar-refractivity contribution in [2.75, 3.05) is 13.7 Å². The molecule has 3 aliphatic heterocycles. The van der Waals surface area contributed by atoms with E-state index < -0.39 is 11.7 Å². The van der Waals surface area contributed by atoms with Gasteiger partial charge in [-0.25, -0.2) is 0 Å². The van der Waals surface area contributed by atoms with Crippen molar-refractivity contribution >= 4 is 12.1 Å². The Bertz CT molecular complexity index is 1100. The fraction of sp³-hybridized carbons (Fsp3) is 0.357. The van der Waals surface area contributed by atoms with Gasteiger partial charge in [0.1, 0.15) is 5.76 Å². The molecule has 7 heteroatoms. The molecule has 3 heterocycles. The summed E-state index contributed by atoms with van der Waals surface area (Å²) >= 11 is 0. The zero-order valence-corrected chi connectivity index (χ0v) is 20.6. The number of rotatable bonds is 10. The van der Waals surface area contributed by atoms with Gasteiger partial charge < -0.3 is 21.1 Å². The molecule has 0 amide bonds. The molecule has 3 unspecified atom stereocenters. The SMILES string of the molecule is C=C/C=C\C(=C/CC1=CNC=NC1)C1(C(/C=C(\C(=C)OC)C2CC2)=C/C)NC(N)C2=NC=CNC21. The molecular weight excluding hydrogens is 436 g/mol. The van der Waals surface area contributed by atoms with Gasteiger partial charge in [-0.2, -0.15) is 0 Å². The Labute approximate surface area is 208 Å². The summed E-state index contributed by atoms with van der Waals surface area (Å²) in [6, 6.07) is -0.168. The van der Waals surface area contributed by atoms with Gasteiger partial charge in [0.05, 0.1) is 43.5 Å². The molecule has 7 nitrogen and oxygen atoms in total. The molecule has 3 atom stereocenters. The minimum Gasteiger partial charge on any atom is -0.497 e. The lowest BCUT2D eigenvalue weighted by molar-refractivity contribution is 0.299. The molecule has 0 aromatic heterocycles. The van der Waals surface area contributed by atoms with Crippen LogP contribution in [0.15, 0.2) is 106 Å². The van der Waals surface area contributed by atoms with E-state index in [1.165, 1.54) is 5.57 Å². The van der Waals surface area contributed by atoms with Crippen LogP contribution in [0.25, 0.3) is 0 Å². The third-order valence-electron chi connectivity index (χ3n) is 6.85. The number of nitrogens with zero attached hydrogens (tertiary/aromatic N) is 2. The first-order valence-electron chi connectivity index (χ1n) is 12.1. The molecule has 1 saturated heterocycles. The number of ether oxygens (including phenoxy) is 1. The van der Waals surface area contributed by atoms with Crippen molar-refractivity contribution in [2.24, 2.45) is 21.6 Å². The molecule has 0 bridgehead atoms. The molecule has 0 radical (unpaired) electrons. The number of allylic oxidation sites excluding steroid dienone is 5. The van der Waals surface area contributed by atoms with Crippen LogP contribution in [0.1, 0.15) is 26.2 Å². The van der Waals surface area contributed by atoms with Crippen LogP contribution in [0.4, 0.5) is 0 Å². The number of nitrogens with one attached hydrogen (secondary N) is 3. The van der Waals surface area contributed by atoms with Crippen LogP contribution in [0.2, 0.25) is 0 Å². The first-order chi connectivity index (χ1) is 17.0. The maximum atomic E-state index is 6.63. The number of hydrogen-bond acceptors (Lipinski definition) is 7. The summed E-state index contributed by atoms with van der Waals surface area (Å²) in [5, 5.41) is 10.4. The van der Waals surface area contributed by atoms with Crippen LogP contribution in [0, 0.1) is 5.92 Å². The largest absolute Gasteiger partial charge is 0.497 e. The predicted octanol–water partition coefficient (Wildman–Crippen LogP) is 3.51. The molecule has 1 saturated carbocycles. The Hall–Kier alpha value is -3.42. The van der Waals surface area contributed by atoms with Crippen molar-refractivity contribution < 1.29 is 4.74 Å². The second-order valence-electron chi connectivity index (χ2n) is 9.04. The second kappa shape index (κ2) is 10.9. The molecule has 4 aliphatic rings. The maximum absolute atomic E-state index is 6.63. The summed E-state index contributed by atoms with van der Waals surface area (Å²) in [5.74, 6) is 1.17. The zero-order valence-electron chi connectivity index (χ0n) is 20.6. The van der Waals surface area contributed by atoms with Crippen LogP contribution in [0.5, 0.6) is 0 Å². The van der Waals surface area contributed by atoms with E-state index in [0.29, 0.717) is 18.2 Å². The fourth-order valence-corrected chi connectivity index (χ4v) is 4.94. The molecule has 35 heavy (non-hydrogen) atoms. The van der Waals surface area contributed by atoms with Crippen LogP contribution < -0.4 is 21.7 Å². The van der Waals surface area contributed by atoms with Gasteiger partial charge in [0.15, 0.2) is 0 Å². The van der Waals surface area contributed by atoms with Gasteiger partial charge in [0.25, 0.3) is 0 Å². The lowest BCUT2D eigenvalue weighted by Crippen LogP contribution is -2.57. The summed E-state index contributed by atoms with van der Waals surface area (Å²) in [7, 11) is 1.68. The van der Waals surface area contributed by atoms with E-state index in [4.69, 9.17) is 10.5 Å². The van der Waals surface area contributed by atoms with Crippen molar-refractivity contribution in [3.05, 3.63) is 96.3 Å². The Morgan fingerprint density at radius 2 is 2.17 bits per heavy atom. The number of hydrogen-bond donors (Lipinski definition) is 4. The number of methoxy groups -OCH3 is 1. The van der Waals surface area contributed by atoms with E-state index in [1.807, 2.05) is 18.5 Å². The lowest BCUT2D eigenvalue weighted by atomic mass is 9.74. The van der Waals surface area contributed by atoms with E-state index in [-0.39, 0.29) is 6.04 Å². The van der Waals surface area contributed by atoms with E-state index in [9.17, 15) is 0 Å². The number of aliphatic imine (C=N–C) groups is 2. The Balaban J connectivity index is 1.86. The van der Waals surface area contributed by atoms with Crippen LogP contribution >= 0.6 is 0 Å². The van der Waals surface area contributed by atoms with Gasteiger partial charge in [0, 0.05) is 18.6 Å². The molecule has 5 N–H and O–H groups in total. The van der Waals surface area contributed by atoms with Gasteiger partial charge in [-0.05, 0) is 60.5 Å².